The first-order valence-electron chi connectivity index (χ1n) is 9.55. The molecule has 0 aliphatic heterocycles. The standard InChI is InChI=1S/C24H16N2O4/c1-2-30-24(29)19-18-13-15(14-7-10-25-11-8-14)9-12-26(18)21-20(19)22(27)16-5-3-4-6-17(16)23(21)28/h3-13H,2H2,1H3. The molecule has 0 saturated carbocycles. The van der Waals surface area contributed by atoms with Crippen LogP contribution in [0.3, 0.4) is 0 Å². The van der Waals surface area contributed by atoms with Gasteiger partial charge in [-0.2, -0.15) is 0 Å². The molecule has 30 heavy (non-hydrogen) atoms. The highest BCUT2D eigenvalue weighted by atomic mass is 16.5. The van der Waals surface area contributed by atoms with Gasteiger partial charge in [-0.3, -0.25) is 14.6 Å². The van der Waals surface area contributed by atoms with Gasteiger partial charge >= 0.3 is 5.97 Å². The van der Waals surface area contributed by atoms with Gasteiger partial charge in [0.15, 0.2) is 5.78 Å². The van der Waals surface area contributed by atoms with Crippen molar-refractivity contribution < 1.29 is 19.1 Å². The minimum absolute atomic E-state index is 0.101. The fourth-order valence-corrected chi connectivity index (χ4v) is 3.97. The molecule has 4 aromatic rings. The van der Waals surface area contributed by atoms with Crippen LogP contribution >= 0.6 is 0 Å². The number of aromatic nitrogens is 2. The van der Waals surface area contributed by atoms with Gasteiger partial charge in [0, 0.05) is 29.7 Å². The molecule has 1 aromatic carbocycles. The molecule has 5 rings (SSSR count). The number of hydrogen-bond donors (Lipinski definition) is 0. The van der Waals surface area contributed by atoms with E-state index in [0.717, 1.165) is 11.1 Å². The molecule has 0 fully saturated rings. The Kier molecular flexibility index (Phi) is 4.06. The molecular weight excluding hydrogens is 380 g/mol. The number of hydrogen-bond acceptors (Lipinski definition) is 5. The van der Waals surface area contributed by atoms with E-state index in [4.69, 9.17) is 4.74 Å². The zero-order chi connectivity index (χ0) is 20.8. The minimum atomic E-state index is -0.622. The molecule has 0 radical (unpaired) electrons. The second-order valence-electron chi connectivity index (χ2n) is 6.93. The summed E-state index contributed by atoms with van der Waals surface area (Å²) >= 11 is 0. The lowest BCUT2D eigenvalue weighted by molar-refractivity contribution is 0.0526. The quantitative estimate of drug-likeness (QED) is 0.432. The number of fused-ring (bicyclic) bond motifs is 4. The first kappa shape index (κ1) is 18.0. The van der Waals surface area contributed by atoms with Crippen LogP contribution < -0.4 is 0 Å². The lowest BCUT2D eigenvalue weighted by Gasteiger charge is -2.15. The van der Waals surface area contributed by atoms with Crippen LogP contribution in [0.2, 0.25) is 0 Å². The summed E-state index contributed by atoms with van der Waals surface area (Å²) in [5.74, 6) is -1.26. The maximum Gasteiger partial charge on any atom is 0.341 e. The molecule has 0 saturated heterocycles. The number of benzene rings is 1. The number of nitrogens with zero attached hydrogens (tertiary/aromatic N) is 2. The summed E-state index contributed by atoms with van der Waals surface area (Å²) in [5.41, 5.74) is 3.25. The van der Waals surface area contributed by atoms with Crippen molar-refractivity contribution in [1.29, 1.82) is 0 Å². The fraction of sp³-hybridized carbons (Fsp3) is 0.0833. The van der Waals surface area contributed by atoms with E-state index < -0.39 is 5.97 Å². The Hall–Kier alpha value is -4.06. The second kappa shape index (κ2) is 6.77. The Morgan fingerprint density at radius 2 is 1.67 bits per heavy atom. The highest BCUT2D eigenvalue weighted by Gasteiger charge is 2.38. The van der Waals surface area contributed by atoms with Crippen molar-refractivity contribution >= 4 is 23.1 Å². The van der Waals surface area contributed by atoms with Gasteiger partial charge in [-0.05, 0) is 42.3 Å². The van der Waals surface area contributed by atoms with Crippen molar-refractivity contribution in [3.63, 3.8) is 0 Å². The van der Waals surface area contributed by atoms with E-state index in [1.54, 1.807) is 60.2 Å². The monoisotopic (exact) mass is 396 g/mol. The maximum atomic E-state index is 13.3. The van der Waals surface area contributed by atoms with Gasteiger partial charge in [0.25, 0.3) is 0 Å². The van der Waals surface area contributed by atoms with E-state index in [1.165, 1.54) is 0 Å². The number of carbonyl (C=O) groups excluding carboxylic acids is 3. The zero-order valence-corrected chi connectivity index (χ0v) is 16.1. The van der Waals surface area contributed by atoms with Crippen molar-refractivity contribution in [2.24, 2.45) is 0 Å². The molecule has 3 heterocycles. The third-order valence-corrected chi connectivity index (χ3v) is 5.29. The summed E-state index contributed by atoms with van der Waals surface area (Å²) in [6.45, 7) is 1.86. The summed E-state index contributed by atoms with van der Waals surface area (Å²) in [5, 5.41) is 0. The molecule has 0 N–H and O–H groups in total. The van der Waals surface area contributed by atoms with Gasteiger partial charge in [-0.1, -0.05) is 24.3 Å². The minimum Gasteiger partial charge on any atom is -0.462 e. The van der Waals surface area contributed by atoms with Gasteiger partial charge in [0.05, 0.1) is 23.3 Å². The molecule has 6 nitrogen and oxygen atoms in total. The summed E-state index contributed by atoms with van der Waals surface area (Å²) in [7, 11) is 0. The summed E-state index contributed by atoms with van der Waals surface area (Å²) in [4.78, 5) is 43.5. The molecule has 6 heteroatoms. The van der Waals surface area contributed by atoms with Gasteiger partial charge in [0.2, 0.25) is 5.78 Å². The predicted octanol–water partition coefficient (Wildman–Crippen LogP) is 3.95. The Balaban J connectivity index is 1.85. The van der Waals surface area contributed by atoms with Crippen molar-refractivity contribution in [1.82, 2.24) is 9.38 Å². The first-order chi connectivity index (χ1) is 14.6. The van der Waals surface area contributed by atoms with E-state index in [0.29, 0.717) is 16.6 Å². The van der Waals surface area contributed by atoms with Crippen LogP contribution in [0.1, 0.15) is 49.3 Å². The molecule has 1 aliphatic carbocycles. The molecule has 0 bridgehead atoms. The molecule has 3 aromatic heterocycles. The molecular formula is C24H16N2O4. The molecule has 0 spiro atoms. The Morgan fingerprint density at radius 1 is 0.967 bits per heavy atom. The Morgan fingerprint density at radius 3 is 2.37 bits per heavy atom. The van der Waals surface area contributed by atoms with Crippen LogP contribution in [0.4, 0.5) is 0 Å². The van der Waals surface area contributed by atoms with Gasteiger partial charge < -0.3 is 9.14 Å². The third kappa shape index (κ3) is 2.50. The highest BCUT2D eigenvalue weighted by Crippen LogP contribution is 2.35. The van der Waals surface area contributed by atoms with E-state index in [-0.39, 0.29) is 35.0 Å². The number of ketones is 2. The molecule has 0 unspecified atom stereocenters. The summed E-state index contributed by atoms with van der Waals surface area (Å²) in [6, 6.07) is 14.0. The Bertz CT molecular complexity index is 1350. The van der Waals surface area contributed by atoms with Gasteiger partial charge in [-0.15, -0.1) is 0 Å². The summed E-state index contributed by atoms with van der Waals surface area (Å²) in [6.07, 6.45) is 5.07. The van der Waals surface area contributed by atoms with Gasteiger partial charge in [-0.25, -0.2) is 4.79 Å². The van der Waals surface area contributed by atoms with Crippen molar-refractivity contribution in [3.8, 4) is 11.1 Å². The van der Waals surface area contributed by atoms with E-state index in [1.807, 2.05) is 18.2 Å². The normalized spacial score (nSPS) is 12.6. The van der Waals surface area contributed by atoms with Crippen molar-refractivity contribution in [2.45, 2.75) is 6.92 Å². The molecule has 0 amide bonds. The van der Waals surface area contributed by atoms with Crippen LogP contribution in [-0.4, -0.2) is 33.5 Å². The van der Waals surface area contributed by atoms with Crippen molar-refractivity contribution in [3.05, 3.63) is 95.1 Å². The Labute approximate surface area is 171 Å². The average Bonchev–Trinajstić information content (AvgIpc) is 3.13. The predicted molar refractivity (Wildman–Crippen MR) is 110 cm³/mol. The van der Waals surface area contributed by atoms with Crippen LogP contribution in [0.25, 0.3) is 16.6 Å². The maximum absolute atomic E-state index is 13.3. The number of rotatable bonds is 3. The number of esters is 1. The molecule has 146 valence electrons. The second-order valence-corrected chi connectivity index (χ2v) is 6.93. The fourth-order valence-electron chi connectivity index (χ4n) is 3.97. The van der Waals surface area contributed by atoms with Crippen molar-refractivity contribution in [2.75, 3.05) is 6.61 Å². The zero-order valence-electron chi connectivity index (χ0n) is 16.1. The molecule has 0 atom stereocenters. The first-order valence-corrected chi connectivity index (χ1v) is 9.55. The highest BCUT2D eigenvalue weighted by molar-refractivity contribution is 6.31. The number of carbonyl (C=O) groups is 3. The largest absolute Gasteiger partial charge is 0.462 e. The average molecular weight is 396 g/mol. The summed E-state index contributed by atoms with van der Waals surface area (Å²) < 4.78 is 6.87. The number of ether oxygens (including phenoxy) is 1. The SMILES string of the molecule is CCOC(=O)c1c2c(n3ccc(-c4ccncc4)cc13)C(=O)c1ccccc1C2=O. The number of pyridine rings is 2. The lowest BCUT2D eigenvalue weighted by Crippen LogP contribution is -2.23. The van der Waals surface area contributed by atoms with E-state index in [9.17, 15) is 14.4 Å². The van der Waals surface area contributed by atoms with Crippen LogP contribution in [0.5, 0.6) is 0 Å². The van der Waals surface area contributed by atoms with Gasteiger partial charge in [0.1, 0.15) is 5.69 Å². The van der Waals surface area contributed by atoms with E-state index in [2.05, 4.69) is 4.98 Å². The molecule has 1 aliphatic rings. The smallest absolute Gasteiger partial charge is 0.341 e. The van der Waals surface area contributed by atoms with Crippen LogP contribution in [0.15, 0.2) is 67.1 Å². The van der Waals surface area contributed by atoms with E-state index >= 15 is 0 Å². The lowest BCUT2D eigenvalue weighted by atomic mass is 9.86. The van der Waals surface area contributed by atoms with Crippen LogP contribution in [0, 0.1) is 0 Å². The van der Waals surface area contributed by atoms with Crippen LogP contribution in [-0.2, 0) is 4.74 Å². The topological polar surface area (TPSA) is 77.7 Å². The third-order valence-electron chi connectivity index (χ3n) is 5.29.